The number of methoxy groups -OCH3 is 1. The van der Waals surface area contributed by atoms with E-state index in [1.165, 1.54) is 10.2 Å². The molecule has 3 rings (SSSR count). The maximum atomic E-state index is 6.26. The lowest BCUT2D eigenvalue weighted by Crippen LogP contribution is -2.12. The predicted octanol–water partition coefficient (Wildman–Crippen LogP) is 4.56. The van der Waals surface area contributed by atoms with E-state index in [1.807, 2.05) is 48.5 Å². The molecule has 7 heteroatoms. The Morgan fingerprint density at radius 3 is 2.56 bits per heavy atom. The third-order valence-electron chi connectivity index (χ3n) is 3.87. The van der Waals surface area contributed by atoms with Crippen molar-refractivity contribution in [2.24, 2.45) is 0 Å². The number of nitrogens with zero attached hydrogens (tertiary/aromatic N) is 3. The van der Waals surface area contributed by atoms with Gasteiger partial charge in [-0.05, 0) is 36.2 Å². The first kappa shape index (κ1) is 17.6. The number of para-hydroxylation sites is 1. The Kier molecular flexibility index (Phi) is 5.50. The molecular weight excluding hydrogens is 356 g/mol. The van der Waals surface area contributed by atoms with E-state index in [4.69, 9.17) is 22.2 Å². The molecule has 1 aromatic heterocycles. The van der Waals surface area contributed by atoms with Crippen LogP contribution in [-0.2, 0) is 0 Å². The van der Waals surface area contributed by atoms with Crippen molar-refractivity contribution in [3.05, 3.63) is 59.1 Å². The monoisotopic (exact) mass is 374 g/mol. The van der Waals surface area contributed by atoms with Crippen LogP contribution in [0.15, 0.2) is 53.7 Å². The van der Waals surface area contributed by atoms with Gasteiger partial charge in [-0.15, -0.1) is 10.2 Å². The molecule has 3 aromatic rings. The van der Waals surface area contributed by atoms with E-state index in [0.717, 1.165) is 17.0 Å². The number of halogens is 1. The quantitative estimate of drug-likeness (QED) is 0.506. The minimum absolute atomic E-state index is 0.217. The van der Waals surface area contributed by atoms with Crippen molar-refractivity contribution in [2.45, 2.75) is 23.8 Å². The van der Waals surface area contributed by atoms with Crippen molar-refractivity contribution < 1.29 is 4.74 Å². The van der Waals surface area contributed by atoms with Gasteiger partial charge in [-0.25, -0.2) is 4.68 Å². The van der Waals surface area contributed by atoms with Crippen LogP contribution in [0.3, 0.4) is 0 Å². The fraction of sp³-hybridized carbons (Fsp3) is 0.222. The van der Waals surface area contributed by atoms with Crippen LogP contribution >= 0.6 is 23.4 Å². The van der Waals surface area contributed by atoms with Crippen LogP contribution in [0.4, 0.5) is 0 Å². The van der Waals surface area contributed by atoms with Crippen LogP contribution in [-0.4, -0.2) is 22.0 Å². The molecule has 0 saturated heterocycles. The number of nitrogen functional groups attached to an aromatic ring is 1. The lowest BCUT2D eigenvalue weighted by atomic mass is 10.1. The first-order chi connectivity index (χ1) is 12.1. The standard InChI is InChI=1S/C18H19ClN4OS/c1-3-16(12-8-10-13(19)11-9-12)25-18-22-21-17(23(18)20)14-6-4-5-7-15(14)24-2/h4-11,16H,3,20H2,1-2H3. The predicted molar refractivity (Wildman–Crippen MR) is 103 cm³/mol. The SMILES string of the molecule is CCC(Sc1nnc(-c2ccccc2OC)n1N)c1ccc(Cl)cc1. The summed E-state index contributed by atoms with van der Waals surface area (Å²) in [6.45, 7) is 2.13. The Morgan fingerprint density at radius 2 is 1.88 bits per heavy atom. The maximum Gasteiger partial charge on any atom is 0.210 e. The van der Waals surface area contributed by atoms with Crippen LogP contribution in [0.2, 0.25) is 5.02 Å². The summed E-state index contributed by atoms with van der Waals surface area (Å²) in [6.07, 6.45) is 0.934. The molecule has 130 valence electrons. The summed E-state index contributed by atoms with van der Waals surface area (Å²) >= 11 is 7.56. The van der Waals surface area contributed by atoms with E-state index in [0.29, 0.717) is 16.7 Å². The fourth-order valence-electron chi connectivity index (χ4n) is 2.56. The van der Waals surface area contributed by atoms with E-state index in [2.05, 4.69) is 17.1 Å². The Bertz CT molecular complexity index is 851. The summed E-state index contributed by atoms with van der Waals surface area (Å²) in [5.74, 6) is 7.54. The number of ether oxygens (including phenoxy) is 1. The molecule has 0 bridgehead atoms. The average molecular weight is 375 g/mol. The molecule has 25 heavy (non-hydrogen) atoms. The molecule has 0 radical (unpaired) electrons. The lowest BCUT2D eigenvalue weighted by Gasteiger charge is -2.14. The summed E-state index contributed by atoms with van der Waals surface area (Å²) in [5.41, 5.74) is 1.99. The highest BCUT2D eigenvalue weighted by atomic mass is 35.5. The van der Waals surface area contributed by atoms with Gasteiger partial charge in [-0.2, -0.15) is 0 Å². The number of benzene rings is 2. The number of nitrogens with two attached hydrogens (primary N) is 1. The van der Waals surface area contributed by atoms with Gasteiger partial charge in [-0.1, -0.05) is 54.6 Å². The van der Waals surface area contributed by atoms with Crippen LogP contribution < -0.4 is 10.6 Å². The molecule has 2 aromatic carbocycles. The fourth-order valence-corrected chi connectivity index (χ4v) is 3.69. The molecule has 0 amide bonds. The zero-order chi connectivity index (χ0) is 17.8. The van der Waals surface area contributed by atoms with E-state index in [-0.39, 0.29) is 5.25 Å². The number of hydrogen-bond donors (Lipinski definition) is 1. The van der Waals surface area contributed by atoms with Crippen molar-refractivity contribution >= 4 is 23.4 Å². The molecule has 1 unspecified atom stereocenters. The Labute approximate surface area is 156 Å². The third kappa shape index (κ3) is 3.75. The minimum Gasteiger partial charge on any atom is -0.496 e. The van der Waals surface area contributed by atoms with Crippen LogP contribution in [0, 0.1) is 0 Å². The number of aromatic nitrogens is 3. The maximum absolute atomic E-state index is 6.26. The Morgan fingerprint density at radius 1 is 1.16 bits per heavy atom. The van der Waals surface area contributed by atoms with Crippen molar-refractivity contribution in [3.8, 4) is 17.1 Å². The van der Waals surface area contributed by atoms with Gasteiger partial charge in [0.2, 0.25) is 5.16 Å². The highest BCUT2D eigenvalue weighted by molar-refractivity contribution is 7.99. The number of hydrogen-bond acceptors (Lipinski definition) is 5. The van der Waals surface area contributed by atoms with Gasteiger partial charge >= 0.3 is 0 Å². The van der Waals surface area contributed by atoms with Crippen molar-refractivity contribution in [1.82, 2.24) is 14.9 Å². The van der Waals surface area contributed by atoms with Gasteiger partial charge in [0.1, 0.15) is 5.75 Å². The summed E-state index contributed by atoms with van der Waals surface area (Å²) in [5, 5.41) is 10.1. The Balaban J connectivity index is 1.89. The van der Waals surface area contributed by atoms with Crippen LogP contribution in [0.5, 0.6) is 5.75 Å². The molecule has 5 nitrogen and oxygen atoms in total. The summed E-state index contributed by atoms with van der Waals surface area (Å²) in [7, 11) is 1.62. The van der Waals surface area contributed by atoms with E-state index in [9.17, 15) is 0 Å². The molecule has 0 aliphatic heterocycles. The zero-order valence-electron chi connectivity index (χ0n) is 14.0. The van der Waals surface area contributed by atoms with E-state index >= 15 is 0 Å². The molecular formula is C18H19ClN4OS. The van der Waals surface area contributed by atoms with Crippen molar-refractivity contribution in [2.75, 3.05) is 13.0 Å². The van der Waals surface area contributed by atoms with E-state index < -0.39 is 0 Å². The summed E-state index contributed by atoms with van der Waals surface area (Å²) < 4.78 is 6.91. The van der Waals surface area contributed by atoms with Gasteiger partial charge in [0, 0.05) is 10.3 Å². The molecule has 0 aliphatic rings. The topological polar surface area (TPSA) is 66.0 Å². The highest BCUT2D eigenvalue weighted by Crippen LogP contribution is 2.38. The number of thioether (sulfide) groups is 1. The van der Waals surface area contributed by atoms with Crippen molar-refractivity contribution in [3.63, 3.8) is 0 Å². The van der Waals surface area contributed by atoms with Crippen molar-refractivity contribution in [1.29, 1.82) is 0 Å². The first-order valence-electron chi connectivity index (χ1n) is 7.90. The molecule has 0 fully saturated rings. The third-order valence-corrected chi connectivity index (χ3v) is 5.50. The summed E-state index contributed by atoms with van der Waals surface area (Å²) in [4.78, 5) is 0. The van der Waals surface area contributed by atoms with E-state index in [1.54, 1.807) is 18.9 Å². The van der Waals surface area contributed by atoms with Gasteiger partial charge in [0.25, 0.3) is 0 Å². The zero-order valence-corrected chi connectivity index (χ0v) is 15.6. The largest absolute Gasteiger partial charge is 0.496 e. The molecule has 0 saturated carbocycles. The van der Waals surface area contributed by atoms with Gasteiger partial charge < -0.3 is 10.6 Å². The van der Waals surface area contributed by atoms with Gasteiger partial charge in [0.15, 0.2) is 5.82 Å². The highest BCUT2D eigenvalue weighted by Gasteiger charge is 2.19. The second-order valence-electron chi connectivity index (χ2n) is 5.44. The van der Waals surface area contributed by atoms with Gasteiger partial charge in [-0.3, -0.25) is 0 Å². The molecule has 0 spiro atoms. The summed E-state index contributed by atoms with van der Waals surface area (Å²) in [6, 6.07) is 15.5. The smallest absolute Gasteiger partial charge is 0.210 e. The normalized spacial score (nSPS) is 12.1. The second kappa shape index (κ2) is 7.80. The second-order valence-corrected chi connectivity index (χ2v) is 7.05. The number of rotatable bonds is 6. The van der Waals surface area contributed by atoms with Crippen LogP contribution in [0.1, 0.15) is 24.2 Å². The molecule has 1 atom stereocenters. The Hall–Kier alpha value is -2.18. The molecule has 1 heterocycles. The first-order valence-corrected chi connectivity index (χ1v) is 9.15. The molecule has 2 N–H and O–H groups in total. The lowest BCUT2D eigenvalue weighted by molar-refractivity contribution is 0.416. The average Bonchev–Trinajstić information content (AvgIpc) is 3.00. The minimum atomic E-state index is 0.217. The van der Waals surface area contributed by atoms with Gasteiger partial charge in [0.05, 0.1) is 12.7 Å². The van der Waals surface area contributed by atoms with Crippen LogP contribution in [0.25, 0.3) is 11.4 Å². The molecule has 0 aliphatic carbocycles.